The number of carbonyl (C=O) groups excluding carboxylic acids is 1. The van der Waals surface area contributed by atoms with E-state index in [1.807, 2.05) is 6.92 Å². The number of thioether (sulfide) groups is 1. The van der Waals surface area contributed by atoms with Crippen LogP contribution in [0.3, 0.4) is 0 Å². The molecule has 0 unspecified atom stereocenters. The van der Waals surface area contributed by atoms with E-state index in [0.29, 0.717) is 16.5 Å². The summed E-state index contributed by atoms with van der Waals surface area (Å²) in [7, 11) is 1.30. The fourth-order valence-corrected chi connectivity index (χ4v) is 3.59. The number of hydrogen-bond donors (Lipinski definition) is 0. The van der Waals surface area contributed by atoms with Crippen LogP contribution in [0.4, 0.5) is 4.39 Å². The van der Waals surface area contributed by atoms with E-state index in [0.717, 1.165) is 22.3 Å². The Morgan fingerprint density at radius 3 is 2.75 bits per heavy atom. The van der Waals surface area contributed by atoms with Gasteiger partial charge in [-0.15, -0.1) is 5.10 Å². The molecule has 0 N–H and O–H groups in total. The van der Waals surface area contributed by atoms with Crippen molar-refractivity contribution in [3.63, 3.8) is 0 Å². The van der Waals surface area contributed by atoms with Crippen molar-refractivity contribution in [3.8, 4) is 5.69 Å². The second-order valence-corrected chi connectivity index (χ2v) is 6.90. The summed E-state index contributed by atoms with van der Waals surface area (Å²) in [6.45, 7) is 1.86. The normalized spacial score (nSPS) is 11.1. The number of rotatable bonds is 5. The Hall–Kier alpha value is -3.20. The average Bonchev–Trinajstić information content (AvgIpc) is 3.36. The summed E-state index contributed by atoms with van der Waals surface area (Å²) < 4.78 is 25.1. The molecule has 3 aromatic heterocycles. The molecule has 0 spiro atoms. The second kappa shape index (κ2) is 7.43. The fraction of sp³-hybridized carbons (Fsp3) is 0.158. The molecule has 142 valence electrons. The molecule has 28 heavy (non-hydrogen) atoms. The first kappa shape index (κ1) is 18.2. The third kappa shape index (κ3) is 3.36. The molecule has 0 bridgehead atoms. The molecule has 0 aliphatic carbocycles. The van der Waals surface area contributed by atoms with Crippen LogP contribution in [-0.4, -0.2) is 33.1 Å². The highest BCUT2D eigenvalue weighted by atomic mass is 32.2. The predicted octanol–water partition coefficient (Wildman–Crippen LogP) is 3.93. The van der Waals surface area contributed by atoms with E-state index in [9.17, 15) is 9.18 Å². The minimum absolute atomic E-state index is 0.148. The van der Waals surface area contributed by atoms with Crippen molar-refractivity contribution in [2.24, 2.45) is 0 Å². The second-order valence-electron chi connectivity index (χ2n) is 5.93. The first-order chi connectivity index (χ1) is 13.6. The van der Waals surface area contributed by atoms with E-state index >= 15 is 0 Å². The zero-order valence-electron chi connectivity index (χ0n) is 15.0. The van der Waals surface area contributed by atoms with Gasteiger partial charge in [-0.1, -0.05) is 11.8 Å². The number of ether oxygens (including phenoxy) is 1. The summed E-state index contributed by atoms with van der Waals surface area (Å²) >= 11 is 1.41. The van der Waals surface area contributed by atoms with Crippen LogP contribution in [-0.2, 0) is 10.5 Å². The fourth-order valence-electron chi connectivity index (χ4n) is 2.72. The van der Waals surface area contributed by atoms with Crippen molar-refractivity contribution in [1.29, 1.82) is 0 Å². The van der Waals surface area contributed by atoms with Crippen molar-refractivity contribution < 1.29 is 18.3 Å². The van der Waals surface area contributed by atoms with E-state index < -0.39 is 5.97 Å². The molecule has 0 atom stereocenters. The maximum atomic E-state index is 13.3. The molecule has 1 aromatic carbocycles. The number of aryl methyl sites for hydroxylation is 1. The number of esters is 1. The molecule has 9 heteroatoms. The van der Waals surface area contributed by atoms with Gasteiger partial charge in [0.05, 0.1) is 30.4 Å². The van der Waals surface area contributed by atoms with E-state index in [1.165, 1.54) is 31.0 Å². The number of fused-ring (bicyclic) bond motifs is 1. The molecule has 3 heterocycles. The Labute approximate surface area is 163 Å². The Kier molecular flexibility index (Phi) is 4.82. The van der Waals surface area contributed by atoms with Gasteiger partial charge in [0.1, 0.15) is 22.1 Å². The van der Waals surface area contributed by atoms with Gasteiger partial charge >= 0.3 is 5.97 Å². The van der Waals surface area contributed by atoms with Crippen molar-refractivity contribution in [2.45, 2.75) is 17.7 Å². The number of nitrogens with zero attached hydrogens (tertiary/aromatic N) is 4. The quantitative estimate of drug-likeness (QED) is 0.372. The number of furan rings is 1. The molecule has 0 amide bonds. The summed E-state index contributed by atoms with van der Waals surface area (Å²) in [5.41, 5.74) is 2.25. The van der Waals surface area contributed by atoms with Gasteiger partial charge in [0.2, 0.25) is 5.76 Å². The molecule has 7 nitrogen and oxygen atoms in total. The summed E-state index contributed by atoms with van der Waals surface area (Å²) in [6, 6.07) is 9.36. The highest BCUT2D eigenvalue weighted by Gasteiger charge is 2.17. The lowest BCUT2D eigenvalue weighted by Crippen LogP contribution is -2.00. The van der Waals surface area contributed by atoms with Gasteiger partial charge in [-0.05, 0) is 43.3 Å². The molecule has 0 fully saturated rings. The van der Waals surface area contributed by atoms with Crippen LogP contribution < -0.4 is 0 Å². The largest absolute Gasteiger partial charge is 0.463 e. The maximum absolute atomic E-state index is 13.3. The van der Waals surface area contributed by atoms with Gasteiger partial charge in [-0.3, -0.25) is 0 Å². The van der Waals surface area contributed by atoms with E-state index in [-0.39, 0.29) is 11.6 Å². The third-order valence-corrected chi connectivity index (χ3v) is 5.10. The van der Waals surface area contributed by atoms with Gasteiger partial charge in [-0.2, -0.15) is 10.2 Å². The van der Waals surface area contributed by atoms with Crippen LogP contribution in [0.1, 0.15) is 22.0 Å². The van der Waals surface area contributed by atoms with Gasteiger partial charge in [0, 0.05) is 5.39 Å². The summed E-state index contributed by atoms with van der Waals surface area (Å²) in [5, 5.41) is 14.4. The number of aromatic nitrogens is 4. The molecule has 4 rings (SSSR count). The number of halogens is 1. The zero-order valence-corrected chi connectivity index (χ0v) is 15.9. The average molecular weight is 398 g/mol. The SMILES string of the molecule is COC(=O)c1ccc(CSc2nnc(C)c3cnn(-c4ccc(F)cc4)c23)o1. The van der Waals surface area contributed by atoms with Gasteiger partial charge in [0.15, 0.2) is 0 Å². The lowest BCUT2D eigenvalue weighted by molar-refractivity contribution is 0.0563. The van der Waals surface area contributed by atoms with Gasteiger partial charge in [-0.25, -0.2) is 13.9 Å². The van der Waals surface area contributed by atoms with Gasteiger partial charge < -0.3 is 9.15 Å². The summed E-state index contributed by atoms with van der Waals surface area (Å²) in [6.07, 6.45) is 1.72. The predicted molar refractivity (Wildman–Crippen MR) is 101 cm³/mol. The Morgan fingerprint density at radius 1 is 1.21 bits per heavy atom. The lowest BCUT2D eigenvalue weighted by atomic mass is 10.2. The highest BCUT2D eigenvalue weighted by molar-refractivity contribution is 7.98. The molecule has 4 aromatic rings. The number of benzene rings is 1. The first-order valence-electron chi connectivity index (χ1n) is 8.33. The van der Waals surface area contributed by atoms with E-state index in [4.69, 9.17) is 4.42 Å². The van der Waals surface area contributed by atoms with Crippen LogP contribution in [0.5, 0.6) is 0 Å². The van der Waals surface area contributed by atoms with Crippen LogP contribution in [0.25, 0.3) is 16.6 Å². The Morgan fingerprint density at radius 2 is 2.00 bits per heavy atom. The molecule has 0 radical (unpaired) electrons. The van der Waals surface area contributed by atoms with E-state index in [1.54, 1.807) is 35.1 Å². The van der Waals surface area contributed by atoms with Crippen molar-refractivity contribution >= 4 is 28.6 Å². The molecule has 0 aliphatic rings. The summed E-state index contributed by atoms with van der Waals surface area (Å²) in [4.78, 5) is 11.5. The maximum Gasteiger partial charge on any atom is 0.373 e. The van der Waals surface area contributed by atoms with Gasteiger partial charge in [0.25, 0.3) is 0 Å². The molecule has 0 saturated carbocycles. The minimum atomic E-state index is -0.525. The van der Waals surface area contributed by atoms with Crippen LogP contribution in [0, 0.1) is 12.7 Å². The minimum Gasteiger partial charge on any atom is -0.463 e. The van der Waals surface area contributed by atoms with Crippen LogP contribution in [0.2, 0.25) is 0 Å². The van der Waals surface area contributed by atoms with Crippen LogP contribution in [0.15, 0.2) is 52.0 Å². The van der Waals surface area contributed by atoms with E-state index in [2.05, 4.69) is 20.0 Å². The number of hydrogen-bond acceptors (Lipinski definition) is 7. The highest BCUT2D eigenvalue weighted by Crippen LogP contribution is 2.31. The number of carbonyl (C=O) groups is 1. The number of methoxy groups -OCH3 is 1. The summed E-state index contributed by atoms with van der Waals surface area (Å²) in [5.74, 6) is 0.356. The Balaban J connectivity index is 1.68. The van der Waals surface area contributed by atoms with Crippen molar-refractivity contribution in [2.75, 3.05) is 7.11 Å². The monoisotopic (exact) mass is 398 g/mol. The van der Waals surface area contributed by atoms with Crippen molar-refractivity contribution in [3.05, 3.63) is 65.6 Å². The molecular weight excluding hydrogens is 383 g/mol. The molecule has 0 saturated heterocycles. The van der Waals surface area contributed by atoms with Crippen LogP contribution >= 0.6 is 11.8 Å². The standard InChI is InChI=1S/C19H15FN4O3S/c1-11-15-9-21-24(13-5-3-12(20)4-6-13)17(15)18(23-22-11)28-10-14-7-8-16(27-14)19(25)26-2/h3-9H,10H2,1-2H3. The third-order valence-electron chi connectivity index (χ3n) is 4.12. The first-order valence-corrected chi connectivity index (χ1v) is 9.32. The van der Waals surface area contributed by atoms with Crippen molar-refractivity contribution in [1.82, 2.24) is 20.0 Å². The lowest BCUT2D eigenvalue weighted by Gasteiger charge is -2.07. The Bertz CT molecular complexity index is 1150. The topological polar surface area (TPSA) is 83.0 Å². The molecular formula is C19H15FN4O3S. The zero-order chi connectivity index (χ0) is 19.7. The smallest absolute Gasteiger partial charge is 0.373 e. The molecule has 0 aliphatic heterocycles.